The topological polar surface area (TPSA) is 67.3 Å². The molecule has 1 N–H and O–H groups in total. The number of nitrogens with one attached hydrogen (secondary N) is 1. The van der Waals surface area contributed by atoms with E-state index in [4.69, 9.17) is 16.3 Å². The quantitative estimate of drug-likeness (QED) is 0.935. The number of halogens is 1. The third-order valence-corrected chi connectivity index (χ3v) is 4.09. The molecule has 1 atom stereocenters. The van der Waals surface area contributed by atoms with Crippen LogP contribution in [0.1, 0.15) is 16.9 Å². The number of nitrogens with zero attached hydrogens (tertiary/aromatic N) is 2. The van der Waals surface area contributed by atoms with E-state index in [1.54, 1.807) is 18.0 Å². The van der Waals surface area contributed by atoms with Crippen LogP contribution in [-0.2, 0) is 7.05 Å². The predicted octanol–water partition coefficient (Wildman–Crippen LogP) is 1.66. The van der Waals surface area contributed by atoms with Crippen molar-refractivity contribution in [3.05, 3.63) is 51.7 Å². The number of rotatable bonds is 3. The Morgan fingerprint density at radius 3 is 2.86 bits per heavy atom. The second kappa shape index (κ2) is 5.88. The maximum atomic E-state index is 12.4. The molecule has 0 radical (unpaired) electrons. The first-order valence-electron chi connectivity index (χ1n) is 7.01. The van der Waals surface area contributed by atoms with Gasteiger partial charge < -0.3 is 14.6 Å². The summed E-state index contributed by atoms with van der Waals surface area (Å²) in [5.41, 5.74) is 0.0507. The van der Waals surface area contributed by atoms with Crippen LogP contribution in [0.5, 0.6) is 5.75 Å². The zero-order valence-electron chi connectivity index (χ0n) is 12.1. The van der Waals surface area contributed by atoms with Crippen molar-refractivity contribution in [3.63, 3.8) is 0 Å². The number of likely N-dealkylation sites (tertiary alicyclic amines) is 1. The highest BCUT2D eigenvalue weighted by atomic mass is 35.5. The molecule has 1 saturated heterocycles. The second-order valence-corrected chi connectivity index (χ2v) is 5.66. The summed E-state index contributed by atoms with van der Waals surface area (Å²) in [5, 5.41) is 0.556. The fraction of sp³-hybridized carbons (Fsp3) is 0.333. The first-order chi connectivity index (χ1) is 10.6. The largest absolute Gasteiger partial charge is 0.487 e. The van der Waals surface area contributed by atoms with Gasteiger partial charge >= 0.3 is 5.69 Å². The number of ether oxygens (including phenoxy) is 1. The number of H-pyrrole nitrogens is 1. The van der Waals surface area contributed by atoms with Gasteiger partial charge in [-0.1, -0.05) is 23.7 Å². The summed E-state index contributed by atoms with van der Waals surface area (Å²) in [4.78, 5) is 28.0. The van der Waals surface area contributed by atoms with Crippen LogP contribution in [0, 0.1) is 0 Å². The molecule has 1 fully saturated rings. The van der Waals surface area contributed by atoms with Crippen LogP contribution in [0.4, 0.5) is 0 Å². The van der Waals surface area contributed by atoms with Gasteiger partial charge in [-0.15, -0.1) is 0 Å². The predicted molar refractivity (Wildman–Crippen MR) is 82.4 cm³/mol. The minimum atomic E-state index is -0.300. The third kappa shape index (κ3) is 2.74. The number of carbonyl (C=O) groups is 1. The van der Waals surface area contributed by atoms with Crippen LogP contribution >= 0.6 is 11.6 Å². The molecule has 2 aromatic rings. The zero-order chi connectivity index (χ0) is 15.7. The Hall–Kier alpha value is -2.21. The molecule has 1 unspecified atom stereocenters. The molecule has 3 rings (SSSR count). The summed E-state index contributed by atoms with van der Waals surface area (Å²) in [5.74, 6) is 0.448. The molecule has 6 nitrogen and oxygen atoms in total. The Labute approximate surface area is 132 Å². The molecule has 0 saturated carbocycles. The van der Waals surface area contributed by atoms with E-state index in [2.05, 4.69) is 4.98 Å². The molecule has 2 heterocycles. The molecular weight excluding hydrogens is 306 g/mol. The molecule has 0 spiro atoms. The number of hydrogen-bond donors (Lipinski definition) is 1. The number of aromatic nitrogens is 2. The van der Waals surface area contributed by atoms with Crippen LogP contribution < -0.4 is 10.4 Å². The normalized spacial score (nSPS) is 17.7. The smallest absolute Gasteiger partial charge is 0.325 e. The lowest BCUT2D eigenvalue weighted by Gasteiger charge is -2.17. The number of hydrogen-bond acceptors (Lipinski definition) is 3. The van der Waals surface area contributed by atoms with E-state index in [1.165, 1.54) is 10.8 Å². The number of benzene rings is 1. The summed E-state index contributed by atoms with van der Waals surface area (Å²) in [6.45, 7) is 1.07. The molecule has 22 heavy (non-hydrogen) atoms. The molecule has 0 aliphatic carbocycles. The van der Waals surface area contributed by atoms with Crippen molar-refractivity contribution in [1.29, 1.82) is 0 Å². The fourth-order valence-electron chi connectivity index (χ4n) is 2.53. The Morgan fingerprint density at radius 2 is 2.18 bits per heavy atom. The summed E-state index contributed by atoms with van der Waals surface area (Å²) in [6.07, 6.45) is 2.07. The summed E-state index contributed by atoms with van der Waals surface area (Å²) in [7, 11) is 1.57. The maximum absolute atomic E-state index is 12.4. The first kappa shape index (κ1) is 14.7. The van der Waals surface area contributed by atoms with Crippen LogP contribution in [-0.4, -0.2) is 39.6 Å². The molecule has 1 aromatic heterocycles. The molecular formula is C15H16ClN3O3. The highest BCUT2D eigenvalue weighted by molar-refractivity contribution is 6.32. The molecule has 1 aliphatic rings. The summed E-state index contributed by atoms with van der Waals surface area (Å²) in [6, 6.07) is 7.27. The second-order valence-electron chi connectivity index (χ2n) is 5.25. The van der Waals surface area contributed by atoms with Gasteiger partial charge in [-0.2, -0.15) is 0 Å². The lowest BCUT2D eigenvalue weighted by molar-refractivity contribution is 0.0762. The molecule has 1 aliphatic heterocycles. The highest BCUT2D eigenvalue weighted by Gasteiger charge is 2.30. The standard InChI is InChI=1S/C15H16ClN3O3/c1-18-12(8-17-15(18)21)14(20)19-7-6-10(9-19)22-13-5-3-2-4-11(13)16/h2-5,8,10H,6-7,9H2,1H3,(H,17,21). The summed E-state index contributed by atoms with van der Waals surface area (Å²) >= 11 is 6.07. The van der Waals surface area contributed by atoms with Gasteiger partial charge in [0.1, 0.15) is 17.5 Å². The van der Waals surface area contributed by atoms with E-state index >= 15 is 0 Å². The van der Waals surface area contributed by atoms with Crippen molar-refractivity contribution in [2.24, 2.45) is 7.05 Å². The maximum Gasteiger partial charge on any atom is 0.325 e. The van der Waals surface area contributed by atoms with Gasteiger partial charge in [-0.3, -0.25) is 9.36 Å². The van der Waals surface area contributed by atoms with E-state index in [1.807, 2.05) is 18.2 Å². The van der Waals surface area contributed by atoms with Crippen LogP contribution in [0.25, 0.3) is 0 Å². The van der Waals surface area contributed by atoms with Crippen molar-refractivity contribution >= 4 is 17.5 Å². The van der Waals surface area contributed by atoms with Gasteiger partial charge in [0.2, 0.25) is 0 Å². The van der Waals surface area contributed by atoms with E-state index in [0.717, 1.165) is 6.42 Å². The van der Waals surface area contributed by atoms with Gasteiger partial charge in [0.25, 0.3) is 5.91 Å². The average Bonchev–Trinajstić information content (AvgIpc) is 3.09. The monoisotopic (exact) mass is 321 g/mol. The number of carbonyl (C=O) groups excluding carboxylic acids is 1. The summed E-state index contributed by atoms with van der Waals surface area (Å²) < 4.78 is 7.17. The van der Waals surface area contributed by atoms with Gasteiger partial charge in [-0.05, 0) is 12.1 Å². The third-order valence-electron chi connectivity index (χ3n) is 3.78. The van der Waals surface area contributed by atoms with Crippen molar-refractivity contribution < 1.29 is 9.53 Å². The molecule has 1 amide bonds. The molecule has 0 bridgehead atoms. The van der Waals surface area contributed by atoms with Gasteiger partial charge in [0.15, 0.2) is 0 Å². The van der Waals surface area contributed by atoms with Gasteiger partial charge in [0.05, 0.1) is 11.6 Å². The number of para-hydroxylation sites is 1. The average molecular weight is 322 g/mol. The van der Waals surface area contributed by atoms with E-state index in [0.29, 0.717) is 29.6 Å². The number of aromatic amines is 1. The Morgan fingerprint density at radius 1 is 1.41 bits per heavy atom. The van der Waals surface area contributed by atoms with Gasteiger partial charge in [-0.25, -0.2) is 4.79 Å². The molecule has 7 heteroatoms. The lowest BCUT2D eigenvalue weighted by atomic mass is 10.3. The molecule has 1 aromatic carbocycles. The number of imidazole rings is 1. The van der Waals surface area contributed by atoms with Crippen molar-refractivity contribution in [1.82, 2.24) is 14.5 Å². The van der Waals surface area contributed by atoms with E-state index in [-0.39, 0.29) is 17.7 Å². The fourth-order valence-corrected chi connectivity index (χ4v) is 2.71. The molecule has 116 valence electrons. The Bertz CT molecular complexity index is 752. The van der Waals surface area contributed by atoms with Crippen molar-refractivity contribution in [2.45, 2.75) is 12.5 Å². The Balaban J connectivity index is 1.67. The lowest BCUT2D eigenvalue weighted by Crippen LogP contribution is -2.33. The minimum Gasteiger partial charge on any atom is -0.487 e. The van der Waals surface area contributed by atoms with Crippen LogP contribution in [0.2, 0.25) is 5.02 Å². The van der Waals surface area contributed by atoms with Crippen molar-refractivity contribution in [2.75, 3.05) is 13.1 Å². The van der Waals surface area contributed by atoms with E-state index in [9.17, 15) is 9.59 Å². The Kier molecular flexibility index (Phi) is 3.94. The first-order valence-corrected chi connectivity index (χ1v) is 7.39. The SMILES string of the molecule is Cn1c(C(=O)N2CCC(Oc3ccccc3Cl)C2)c[nH]c1=O. The van der Waals surface area contributed by atoms with Crippen LogP contribution in [0.3, 0.4) is 0 Å². The minimum absolute atomic E-state index is 0.0974. The van der Waals surface area contributed by atoms with E-state index < -0.39 is 0 Å². The van der Waals surface area contributed by atoms with Gasteiger partial charge in [0, 0.05) is 26.2 Å². The number of amides is 1. The van der Waals surface area contributed by atoms with Crippen LogP contribution in [0.15, 0.2) is 35.3 Å². The highest BCUT2D eigenvalue weighted by Crippen LogP contribution is 2.26. The van der Waals surface area contributed by atoms with Crippen molar-refractivity contribution in [3.8, 4) is 5.75 Å². The zero-order valence-corrected chi connectivity index (χ0v) is 12.8.